The molecule has 200 valence electrons. The lowest BCUT2D eigenvalue weighted by molar-refractivity contribution is -0.139. The summed E-state index contributed by atoms with van der Waals surface area (Å²) >= 11 is 0. The smallest absolute Gasteiger partial charge is 0.326 e. The number of hydrogen-bond acceptors (Lipinski definition) is 4. The molecule has 1 aliphatic rings. The molecule has 2 aromatic carbocycles. The number of nitrogens with zero attached hydrogens (tertiary/aromatic N) is 2. The Kier molecular flexibility index (Phi) is 7.40. The van der Waals surface area contributed by atoms with Crippen LogP contribution in [-0.4, -0.2) is 42.7 Å². The number of rotatable bonds is 9. The second-order valence-corrected chi connectivity index (χ2v) is 10.9. The molecule has 8 nitrogen and oxygen atoms in total. The second-order valence-electron chi connectivity index (χ2n) is 10.9. The molecule has 1 saturated carbocycles. The molecule has 0 spiro atoms. The molecule has 2 aromatic heterocycles. The van der Waals surface area contributed by atoms with Crippen molar-refractivity contribution in [1.29, 1.82) is 0 Å². The van der Waals surface area contributed by atoms with Crippen molar-refractivity contribution < 1.29 is 19.8 Å². The molecule has 4 N–H and O–H groups in total. The molecule has 2 heterocycles. The van der Waals surface area contributed by atoms with Crippen LogP contribution in [0.15, 0.2) is 42.6 Å². The highest BCUT2D eigenvalue weighted by molar-refractivity contribution is 5.99. The summed E-state index contributed by atoms with van der Waals surface area (Å²) in [7, 11) is 0. The molecule has 1 aliphatic carbocycles. The third kappa shape index (κ3) is 5.39. The summed E-state index contributed by atoms with van der Waals surface area (Å²) in [6.45, 7) is 4.43. The Morgan fingerprint density at radius 3 is 2.66 bits per heavy atom. The molecule has 0 radical (unpaired) electrons. The van der Waals surface area contributed by atoms with E-state index in [4.69, 9.17) is 4.98 Å². The van der Waals surface area contributed by atoms with Crippen LogP contribution in [0.25, 0.3) is 21.9 Å². The highest BCUT2D eigenvalue weighted by atomic mass is 16.4. The number of hydrogen-bond donors (Lipinski definition) is 4. The number of fused-ring (bicyclic) bond motifs is 2. The molecule has 0 bridgehead atoms. The number of aromatic hydroxyl groups is 1. The zero-order valence-corrected chi connectivity index (χ0v) is 22.0. The lowest BCUT2D eigenvalue weighted by Crippen LogP contribution is -2.42. The number of aromatic amines is 1. The number of aromatic nitrogens is 3. The molecule has 4 aromatic rings. The van der Waals surface area contributed by atoms with Gasteiger partial charge < -0.3 is 25.1 Å². The maximum Gasteiger partial charge on any atom is 0.326 e. The van der Waals surface area contributed by atoms with Crippen LogP contribution in [-0.2, 0) is 17.6 Å². The first kappa shape index (κ1) is 25.8. The molecular formula is C30H36N4O4. The number of carboxylic acid groups (broad SMARTS) is 1. The number of carboxylic acids is 1. The van der Waals surface area contributed by atoms with Crippen molar-refractivity contribution in [3.8, 4) is 5.75 Å². The average Bonchev–Trinajstić information content (AvgIpc) is 3.47. The van der Waals surface area contributed by atoms with Gasteiger partial charge in [0.2, 0.25) is 0 Å². The minimum Gasteiger partial charge on any atom is -0.508 e. The van der Waals surface area contributed by atoms with Crippen LogP contribution >= 0.6 is 0 Å². The summed E-state index contributed by atoms with van der Waals surface area (Å²) in [5.41, 5.74) is 3.71. The van der Waals surface area contributed by atoms with E-state index in [0.717, 1.165) is 53.4 Å². The van der Waals surface area contributed by atoms with Crippen LogP contribution < -0.4 is 5.32 Å². The Balaban J connectivity index is 1.40. The summed E-state index contributed by atoms with van der Waals surface area (Å²) in [4.78, 5) is 33.3. The minimum absolute atomic E-state index is 0.0857. The second kappa shape index (κ2) is 10.9. The monoisotopic (exact) mass is 516 g/mol. The number of imidazole rings is 1. The van der Waals surface area contributed by atoms with Crippen molar-refractivity contribution in [3.05, 3.63) is 59.5 Å². The normalized spacial score (nSPS) is 15.3. The van der Waals surface area contributed by atoms with Gasteiger partial charge in [-0.25, -0.2) is 9.78 Å². The van der Waals surface area contributed by atoms with Crippen LogP contribution in [0.4, 0.5) is 0 Å². The number of aryl methyl sites for hydroxylation is 1. The topological polar surface area (TPSA) is 120 Å². The van der Waals surface area contributed by atoms with E-state index >= 15 is 0 Å². The van der Waals surface area contributed by atoms with Crippen LogP contribution in [0.1, 0.15) is 80.2 Å². The molecule has 0 aliphatic heterocycles. The van der Waals surface area contributed by atoms with Crippen molar-refractivity contribution in [2.45, 2.75) is 77.3 Å². The Labute approximate surface area is 222 Å². The summed E-state index contributed by atoms with van der Waals surface area (Å²) in [5.74, 6) is 0.182. The molecule has 0 saturated heterocycles. The fourth-order valence-electron chi connectivity index (χ4n) is 5.63. The fraction of sp³-hybridized carbons (Fsp3) is 0.433. The van der Waals surface area contributed by atoms with Gasteiger partial charge in [-0.2, -0.15) is 0 Å². The van der Waals surface area contributed by atoms with Gasteiger partial charge >= 0.3 is 5.97 Å². The van der Waals surface area contributed by atoms with Gasteiger partial charge in [0.1, 0.15) is 17.6 Å². The van der Waals surface area contributed by atoms with Gasteiger partial charge in [0, 0.05) is 41.5 Å². The number of aliphatic carboxylic acids is 1. The van der Waals surface area contributed by atoms with Crippen molar-refractivity contribution in [2.75, 3.05) is 0 Å². The van der Waals surface area contributed by atoms with Crippen molar-refractivity contribution in [3.63, 3.8) is 0 Å². The number of nitrogens with one attached hydrogen (secondary N) is 2. The summed E-state index contributed by atoms with van der Waals surface area (Å²) < 4.78 is 2.39. The van der Waals surface area contributed by atoms with E-state index < -0.39 is 17.9 Å². The fourth-order valence-corrected chi connectivity index (χ4v) is 5.63. The molecule has 0 unspecified atom stereocenters. The Bertz CT molecular complexity index is 1460. The van der Waals surface area contributed by atoms with Crippen LogP contribution in [0.3, 0.4) is 0 Å². The molecular weight excluding hydrogens is 480 g/mol. The third-order valence-corrected chi connectivity index (χ3v) is 7.69. The number of carbonyl (C=O) groups excluding carboxylic acids is 1. The standard InChI is InChI=1S/C30H36N4O4/c1-18(2)8-13-28-32-25-14-19(9-12-27(25)34(28)21-6-4-3-5-7-21)29(36)33-26(30(37)38)15-20-17-31-24-11-10-22(35)16-23(20)24/h9-12,14,16-18,21,26,31,35H,3-8,13,15H2,1-2H3,(H,33,36)(H,37,38)/t26-/m0/s1. The van der Waals surface area contributed by atoms with E-state index in [1.54, 1.807) is 36.5 Å². The van der Waals surface area contributed by atoms with E-state index in [0.29, 0.717) is 23.1 Å². The number of phenolic OH excluding ortho intramolecular Hbond substituents is 1. The number of H-pyrrole nitrogens is 1. The van der Waals surface area contributed by atoms with E-state index in [9.17, 15) is 19.8 Å². The van der Waals surface area contributed by atoms with Crippen molar-refractivity contribution >= 4 is 33.8 Å². The van der Waals surface area contributed by atoms with Crippen LogP contribution in [0.5, 0.6) is 5.75 Å². The molecule has 8 heteroatoms. The van der Waals surface area contributed by atoms with Crippen LogP contribution in [0.2, 0.25) is 0 Å². The number of phenols is 1. The lowest BCUT2D eigenvalue weighted by atomic mass is 9.94. The maximum atomic E-state index is 13.2. The molecule has 1 amide bonds. The molecule has 38 heavy (non-hydrogen) atoms. The molecule has 1 fully saturated rings. The maximum absolute atomic E-state index is 13.2. The molecule has 1 atom stereocenters. The van der Waals surface area contributed by atoms with E-state index in [1.165, 1.54) is 19.3 Å². The first-order valence-corrected chi connectivity index (χ1v) is 13.6. The zero-order chi connectivity index (χ0) is 26.8. The SMILES string of the molecule is CC(C)CCc1nc2cc(C(=O)N[C@@H](Cc3c[nH]c4ccc(O)cc34)C(=O)O)ccc2n1C1CCCCC1. The van der Waals surface area contributed by atoms with E-state index in [-0.39, 0.29) is 12.2 Å². The first-order valence-electron chi connectivity index (χ1n) is 13.6. The van der Waals surface area contributed by atoms with Crippen molar-refractivity contribution in [2.24, 2.45) is 5.92 Å². The molecule has 5 rings (SSSR count). The first-order chi connectivity index (χ1) is 18.3. The van der Waals surface area contributed by atoms with Gasteiger partial charge in [0.15, 0.2) is 0 Å². The lowest BCUT2D eigenvalue weighted by Gasteiger charge is -2.26. The van der Waals surface area contributed by atoms with Gasteiger partial charge in [-0.15, -0.1) is 0 Å². The zero-order valence-electron chi connectivity index (χ0n) is 22.0. The van der Waals surface area contributed by atoms with Crippen molar-refractivity contribution in [1.82, 2.24) is 19.9 Å². The number of benzene rings is 2. The van der Waals surface area contributed by atoms with Gasteiger partial charge in [-0.3, -0.25) is 4.79 Å². The van der Waals surface area contributed by atoms with Gasteiger partial charge in [-0.05, 0) is 67.1 Å². The van der Waals surface area contributed by atoms with E-state index in [2.05, 4.69) is 28.7 Å². The van der Waals surface area contributed by atoms with E-state index in [1.807, 2.05) is 6.07 Å². The third-order valence-electron chi connectivity index (χ3n) is 7.69. The summed E-state index contributed by atoms with van der Waals surface area (Å²) in [6.07, 6.45) is 9.77. The Morgan fingerprint density at radius 2 is 1.92 bits per heavy atom. The predicted octanol–water partition coefficient (Wildman–Crippen LogP) is 5.74. The predicted molar refractivity (Wildman–Crippen MR) is 148 cm³/mol. The summed E-state index contributed by atoms with van der Waals surface area (Å²) in [6, 6.07) is 9.72. The average molecular weight is 517 g/mol. The van der Waals surface area contributed by atoms with Crippen LogP contribution in [0, 0.1) is 5.92 Å². The Morgan fingerprint density at radius 1 is 1.13 bits per heavy atom. The minimum atomic E-state index is -1.12. The largest absolute Gasteiger partial charge is 0.508 e. The van der Waals surface area contributed by atoms with Gasteiger partial charge in [0.05, 0.1) is 11.0 Å². The highest BCUT2D eigenvalue weighted by Gasteiger charge is 2.25. The number of amides is 1. The summed E-state index contributed by atoms with van der Waals surface area (Å²) in [5, 5.41) is 23.1. The Hall–Kier alpha value is -3.81. The quantitative estimate of drug-likeness (QED) is 0.226. The number of carbonyl (C=O) groups is 2. The van der Waals surface area contributed by atoms with Gasteiger partial charge in [-0.1, -0.05) is 33.1 Å². The van der Waals surface area contributed by atoms with Gasteiger partial charge in [0.25, 0.3) is 5.91 Å². The highest BCUT2D eigenvalue weighted by Crippen LogP contribution is 2.33.